The third kappa shape index (κ3) is 1.36. The Morgan fingerprint density at radius 3 is 2.85 bits per heavy atom. The van der Waals surface area contributed by atoms with Gasteiger partial charge in [-0.1, -0.05) is 6.07 Å². The van der Waals surface area contributed by atoms with Crippen molar-refractivity contribution in [1.82, 2.24) is 0 Å². The van der Waals surface area contributed by atoms with Crippen LogP contribution in [0.15, 0.2) is 16.6 Å². The zero-order chi connectivity index (χ0) is 9.59. The average Bonchev–Trinajstić information content (AvgIpc) is 2.32. The minimum Gasteiger partial charge on any atom is -0.487 e. The van der Waals surface area contributed by atoms with E-state index in [2.05, 4.69) is 28.9 Å². The second-order valence-electron chi connectivity index (χ2n) is 3.51. The molecule has 2 nitrogen and oxygen atoms in total. The number of rotatable bonds is 0. The van der Waals surface area contributed by atoms with Crippen LogP contribution in [0.3, 0.4) is 0 Å². The van der Waals surface area contributed by atoms with E-state index in [0.717, 1.165) is 15.8 Å². The fourth-order valence-electron chi connectivity index (χ4n) is 1.64. The number of halogens is 1. The summed E-state index contributed by atoms with van der Waals surface area (Å²) in [6, 6.07) is 4.14. The van der Waals surface area contributed by atoms with Crippen LogP contribution in [0.25, 0.3) is 0 Å². The summed E-state index contributed by atoms with van der Waals surface area (Å²) < 4.78 is 6.64. The Kier molecular flexibility index (Phi) is 2.08. The van der Waals surface area contributed by atoms with Gasteiger partial charge < -0.3 is 10.5 Å². The third-order valence-corrected chi connectivity index (χ3v) is 2.97. The Labute approximate surface area is 86.2 Å². The van der Waals surface area contributed by atoms with Crippen molar-refractivity contribution in [2.45, 2.75) is 26.0 Å². The summed E-state index contributed by atoms with van der Waals surface area (Å²) in [5, 5.41) is 0. The van der Waals surface area contributed by atoms with Gasteiger partial charge in [-0.15, -0.1) is 0 Å². The van der Waals surface area contributed by atoms with Crippen molar-refractivity contribution < 1.29 is 4.74 Å². The first-order valence-corrected chi connectivity index (χ1v) is 5.11. The Bertz CT molecular complexity index is 351. The maximum Gasteiger partial charge on any atom is 0.138 e. The second-order valence-corrected chi connectivity index (χ2v) is 4.37. The quantitative estimate of drug-likeness (QED) is 0.758. The molecular weight excluding hydrogens is 230 g/mol. The molecule has 0 saturated heterocycles. The number of benzene rings is 1. The van der Waals surface area contributed by atoms with Crippen LogP contribution in [0.1, 0.15) is 24.1 Å². The van der Waals surface area contributed by atoms with Gasteiger partial charge in [0.1, 0.15) is 11.9 Å². The van der Waals surface area contributed by atoms with Gasteiger partial charge in [-0.05, 0) is 41.4 Å². The molecule has 1 aliphatic rings. The van der Waals surface area contributed by atoms with E-state index in [0.29, 0.717) is 0 Å². The number of fused-ring (bicyclic) bond motifs is 1. The van der Waals surface area contributed by atoms with Crippen molar-refractivity contribution in [2.75, 3.05) is 0 Å². The zero-order valence-electron chi connectivity index (χ0n) is 7.67. The molecule has 0 fully saturated rings. The van der Waals surface area contributed by atoms with Crippen LogP contribution in [0.2, 0.25) is 0 Å². The van der Waals surface area contributed by atoms with E-state index in [9.17, 15) is 0 Å². The van der Waals surface area contributed by atoms with Gasteiger partial charge >= 0.3 is 0 Å². The Morgan fingerprint density at radius 1 is 1.46 bits per heavy atom. The molecule has 0 bridgehead atoms. The van der Waals surface area contributed by atoms with E-state index in [4.69, 9.17) is 10.5 Å². The molecule has 0 radical (unpaired) electrons. The predicted octanol–water partition coefficient (Wildman–Crippen LogP) is 2.54. The van der Waals surface area contributed by atoms with Crippen molar-refractivity contribution in [1.29, 1.82) is 0 Å². The van der Waals surface area contributed by atoms with Gasteiger partial charge in [-0.3, -0.25) is 0 Å². The van der Waals surface area contributed by atoms with Crippen LogP contribution in [0, 0.1) is 6.92 Å². The van der Waals surface area contributed by atoms with Crippen molar-refractivity contribution in [2.24, 2.45) is 5.73 Å². The summed E-state index contributed by atoms with van der Waals surface area (Å²) in [5.74, 6) is 0.908. The molecule has 13 heavy (non-hydrogen) atoms. The van der Waals surface area contributed by atoms with Crippen molar-refractivity contribution >= 4 is 15.9 Å². The minimum atomic E-state index is 0.00574. The summed E-state index contributed by atoms with van der Waals surface area (Å²) in [4.78, 5) is 0. The van der Waals surface area contributed by atoms with Crippen LogP contribution in [-0.2, 0) is 0 Å². The summed E-state index contributed by atoms with van der Waals surface area (Å²) >= 11 is 3.47. The van der Waals surface area contributed by atoms with Gasteiger partial charge in [0.2, 0.25) is 0 Å². The molecule has 0 aliphatic carbocycles. The Hall–Kier alpha value is -0.540. The topological polar surface area (TPSA) is 35.2 Å². The molecule has 1 aromatic rings. The maximum absolute atomic E-state index is 5.98. The largest absolute Gasteiger partial charge is 0.487 e. The Balaban J connectivity index is 2.57. The second kappa shape index (κ2) is 3.00. The van der Waals surface area contributed by atoms with E-state index in [-0.39, 0.29) is 12.1 Å². The van der Waals surface area contributed by atoms with Gasteiger partial charge in [-0.2, -0.15) is 0 Å². The molecule has 2 N–H and O–H groups in total. The summed E-state index contributed by atoms with van der Waals surface area (Å²) in [6.45, 7) is 4.05. The van der Waals surface area contributed by atoms with E-state index in [1.165, 1.54) is 5.56 Å². The van der Waals surface area contributed by atoms with E-state index >= 15 is 0 Å². The summed E-state index contributed by atoms with van der Waals surface area (Å²) in [7, 11) is 0. The number of ether oxygens (including phenoxy) is 1. The summed E-state index contributed by atoms with van der Waals surface area (Å²) in [6.07, 6.45) is 0.0769. The molecule has 0 amide bonds. The molecule has 3 heteroatoms. The molecule has 0 saturated carbocycles. The molecule has 1 aliphatic heterocycles. The molecule has 2 atom stereocenters. The monoisotopic (exact) mass is 241 g/mol. The van der Waals surface area contributed by atoms with E-state index in [1.54, 1.807) is 0 Å². The first-order valence-electron chi connectivity index (χ1n) is 4.32. The molecule has 0 aromatic heterocycles. The van der Waals surface area contributed by atoms with E-state index < -0.39 is 0 Å². The first kappa shape index (κ1) is 9.03. The van der Waals surface area contributed by atoms with Gasteiger partial charge in [0.25, 0.3) is 0 Å². The zero-order valence-corrected chi connectivity index (χ0v) is 9.26. The van der Waals surface area contributed by atoms with Crippen LogP contribution in [-0.4, -0.2) is 6.10 Å². The number of nitrogens with two attached hydrogens (primary N) is 1. The smallest absolute Gasteiger partial charge is 0.138 e. The lowest BCUT2D eigenvalue weighted by atomic mass is 10.0. The van der Waals surface area contributed by atoms with Gasteiger partial charge in [-0.25, -0.2) is 0 Å². The number of hydrogen-bond donors (Lipinski definition) is 1. The molecule has 1 heterocycles. The fraction of sp³-hybridized carbons (Fsp3) is 0.400. The highest BCUT2D eigenvalue weighted by Gasteiger charge is 2.29. The first-order chi connectivity index (χ1) is 6.09. The molecule has 2 rings (SSSR count). The lowest BCUT2D eigenvalue weighted by Gasteiger charge is -2.07. The molecular formula is C10H12BrNO. The fourth-order valence-corrected chi connectivity index (χ4v) is 2.32. The molecule has 1 aromatic carbocycles. The van der Waals surface area contributed by atoms with Crippen LogP contribution >= 0.6 is 15.9 Å². The van der Waals surface area contributed by atoms with Gasteiger partial charge in [0.15, 0.2) is 0 Å². The highest BCUT2D eigenvalue weighted by atomic mass is 79.9. The van der Waals surface area contributed by atoms with Crippen molar-refractivity contribution in [3.8, 4) is 5.75 Å². The Morgan fingerprint density at radius 2 is 2.15 bits per heavy atom. The molecule has 2 unspecified atom stereocenters. The van der Waals surface area contributed by atoms with E-state index in [1.807, 2.05) is 13.0 Å². The lowest BCUT2D eigenvalue weighted by molar-refractivity contribution is 0.227. The predicted molar refractivity (Wildman–Crippen MR) is 55.9 cm³/mol. The maximum atomic E-state index is 5.98. The minimum absolute atomic E-state index is 0.00574. The summed E-state index contributed by atoms with van der Waals surface area (Å²) in [5.41, 5.74) is 8.30. The van der Waals surface area contributed by atoms with Crippen LogP contribution in [0.4, 0.5) is 0 Å². The van der Waals surface area contributed by atoms with Crippen molar-refractivity contribution in [3.63, 3.8) is 0 Å². The molecule has 70 valence electrons. The van der Waals surface area contributed by atoms with Crippen molar-refractivity contribution in [3.05, 3.63) is 27.7 Å². The third-order valence-electron chi connectivity index (χ3n) is 2.39. The van der Waals surface area contributed by atoms with Crippen LogP contribution in [0.5, 0.6) is 5.75 Å². The van der Waals surface area contributed by atoms with Gasteiger partial charge in [0.05, 0.1) is 10.5 Å². The standard InChI is InChI=1S/C10H12BrNO/c1-5-3-7-9(12)6(2)13-10(7)8(11)4-5/h3-4,6,9H,12H2,1-2H3. The highest BCUT2D eigenvalue weighted by Crippen LogP contribution is 2.41. The average molecular weight is 242 g/mol. The lowest BCUT2D eigenvalue weighted by Crippen LogP contribution is -2.21. The SMILES string of the molecule is Cc1cc(Br)c2c(c1)C(N)C(C)O2. The highest BCUT2D eigenvalue weighted by molar-refractivity contribution is 9.10. The van der Waals surface area contributed by atoms with Crippen LogP contribution < -0.4 is 10.5 Å². The van der Waals surface area contributed by atoms with Gasteiger partial charge in [0, 0.05) is 5.56 Å². The number of hydrogen-bond acceptors (Lipinski definition) is 2. The number of aryl methyl sites for hydroxylation is 1. The molecule has 0 spiro atoms. The normalized spacial score (nSPS) is 25.5.